The zero-order valence-corrected chi connectivity index (χ0v) is 11.8. The van der Waals surface area contributed by atoms with E-state index in [0.29, 0.717) is 4.90 Å². The van der Waals surface area contributed by atoms with E-state index in [1.807, 2.05) is 25.9 Å². The molecule has 0 fully saturated rings. The summed E-state index contributed by atoms with van der Waals surface area (Å²) in [5, 5.41) is 2.78. The average molecular weight is 270 g/mol. The molecular formula is C13H19FN2OS. The molecule has 1 aromatic carbocycles. The van der Waals surface area contributed by atoms with Gasteiger partial charge in [-0.1, -0.05) is 0 Å². The van der Waals surface area contributed by atoms with E-state index >= 15 is 0 Å². The number of halogens is 1. The normalized spacial score (nSPS) is 12.6. The second-order valence-corrected chi connectivity index (χ2v) is 5.15. The van der Waals surface area contributed by atoms with Crippen LogP contribution in [0.15, 0.2) is 23.1 Å². The van der Waals surface area contributed by atoms with Crippen LogP contribution in [0.3, 0.4) is 0 Å². The molecule has 0 aliphatic rings. The van der Waals surface area contributed by atoms with Gasteiger partial charge in [0.1, 0.15) is 5.82 Å². The van der Waals surface area contributed by atoms with Gasteiger partial charge in [0.15, 0.2) is 0 Å². The Morgan fingerprint density at radius 2 is 2.17 bits per heavy atom. The number of hydrogen-bond donors (Lipinski definition) is 2. The number of amides is 1. The second kappa shape index (κ2) is 6.75. The van der Waals surface area contributed by atoms with E-state index in [0.717, 1.165) is 13.0 Å². The lowest BCUT2D eigenvalue weighted by molar-refractivity contribution is 0.0932. The first-order valence-corrected chi connectivity index (χ1v) is 6.29. The summed E-state index contributed by atoms with van der Waals surface area (Å²) in [5.74, 6) is -0.917. The molecule has 0 aliphatic carbocycles. The Bertz CT molecular complexity index is 423. The molecule has 1 atom stereocenters. The Labute approximate surface area is 113 Å². The van der Waals surface area contributed by atoms with Crippen molar-refractivity contribution in [3.05, 3.63) is 29.6 Å². The van der Waals surface area contributed by atoms with Crippen LogP contribution in [0.1, 0.15) is 23.7 Å². The molecule has 0 heterocycles. The molecule has 18 heavy (non-hydrogen) atoms. The molecule has 0 aromatic heterocycles. The van der Waals surface area contributed by atoms with Crippen molar-refractivity contribution >= 4 is 18.5 Å². The molecule has 1 unspecified atom stereocenters. The Morgan fingerprint density at radius 3 is 2.78 bits per heavy atom. The van der Waals surface area contributed by atoms with Gasteiger partial charge in [0.2, 0.25) is 0 Å². The maximum atomic E-state index is 13.5. The van der Waals surface area contributed by atoms with Gasteiger partial charge in [-0.2, -0.15) is 0 Å². The predicted molar refractivity (Wildman–Crippen MR) is 73.8 cm³/mol. The van der Waals surface area contributed by atoms with Crippen molar-refractivity contribution in [1.29, 1.82) is 0 Å². The summed E-state index contributed by atoms with van der Waals surface area (Å²) in [4.78, 5) is 14.5. The van der Waals surface area contributed by atoms with E-state index in [-0.39, 0.29) is 11.6 Å². The van der Waals surface area contributed by atoms with Crippen LogP contribution in [0.5, 0.6) is 0 Å². The molecule has 0 saturated heterocycles. The quantitative estimate of drug-likeness (QED) is 0.804. The highest BCUT2D eigenvalue weighted by Crippen LogP contribution is 2.13. The number of benzene rings is 1. The first-order chi connectivity index (χ1) is 8.40. The van der Waals surface area contributed by atoms with Crippen molar-refractivity contribution < 1.29 is 9.18 Å². The van der Waals surface area contributed by atoms with Gasteiger partial charge in [0.05, 0.1) is 5.56 Å². The van der Waals surface area contributed by atoms with Gasteiger partial charge in [0.25, 0.3) is 5.91 Å². The molecule has 1 amide bonds. The van der Waals surface area contributed by atoms with E-state index in [2.05, 4.69) is 17.9 Å². The van der Waals surface area contributed by atoms with E-state index in [1.165, 1.54) is 18.2 Å². The van der Waals surface area contributed by atoms with Crippen LogP contribution < -0.4 is 5.32 Å². The Kier molecular flexibility index (Phi) is 5.62. The molecule has 1 rings (SSSR count). The molecule has 1 N–H and O–H groups in total. The highest BCUT2D eigenvalue weighted by Gasteiger charge is 2.14. The van der Waals surface area contributed by atoms with Gasteiger partial charge < -0.3 is 10.2 Å². The third kappa shape index (κ3) is 4.66. The molecule has 0 bridgehead atoms. The van der Waals surface area contributed by atoms with Crippen molar-refractivity contribution in [2.24, 2.45) is 0 Å². The summed E-state index contributed by atoms with van der Waals surface area (Å²) >= 11 is 4.10. The lowest BCUT2D eigenvalue weighted by Crippen LogP contribution is -2.35. The molecule has 0 spiro atoms. The van der Waals surface area contributed by atoms with Gasteiger partial charge in [-0.25, -0.2) is 4.39 Å². The summed E-state index contributed by atoms with van der Waals surface area (Å²) in [6, 6.07) is 4.21. The van der Waals surface area contributed by atoms with Crippen LogP contribution in [0.4, 0.5) is 4.39 Å². The Morgan fingerprint density at radius 1 is 1.50 bits per heavy atom. The maximum Gasteiger partial charge on any atom is 0.254 e. The van der Waals surface area contributed by atoms with Crippen molar-refractivity contribution in [1.82, 2.24) is 10.2 Å². The van der Waals surface area contributed by atoms with Gasteiger partial charge in [-0.05, 0) is 52.2 Å². The number of carbonyl (C=O) groups is 1. The smallest absolute Gasteiger partial charge is 0.254 e. The Hall–Kier alpha value is -1.07. The minimum absolute atomic E-state index is 0.00266. The van der Waals surface area contributed by atoms with Crippen molar-refractivity contribution in [3.8, 4) is 0 Å². The van der Waals surface area contributed by atoms with Crippen LogP contribution in [0.25, 0.3) is 0 Å². The standard InChI is InChI=1S/C13H19FN2OS/c1-9(6-7-16(2)3)15-13(17)11-8-10(18)4-5-12(11)14/h4-5,8-9,18H,6-7H2,1-3H3,(H,15,17). The Balaban J connectivity index is 2.62. The second-order valence-electron chi connectivity index (χ2n) is 4.63. The SMILES string of the molecule is CC(CCN(C)C)NC(=O)c1cc(S)ccc1F. The third-order valence-electron chi connectivity index (χ3n) is 2.58. The number of hydrogen-bond acceptors (Lipinski definition) is 3. The summed E-state index contributed by atoms with van der Waals surface area (Å²) in [6.45, 7) is 2.78. The minimum Gasteiger partial charge on any atom is -0.349 e. The van der Waals surface area contributed by atoms with Gasteiger partial charge >= 0.3 is 0 Å². The van der Waals surface area contributed by atoms with E-state index in [9.17, 15) is 9.18 Å². The maximum absolute atomic E-state index is 13.5. The molecule has 0 aliphatic heterocycles. The summed E-state index contributed by atoms with van der Waals surface area (Å²) in [5.41, 5.74) is 0.0409. The fourth-order valence-corrected chi connectivity index (χ4v) is 1.72. The number of thiol groups is 1. The van der Waals surface area contributed by atoms with Gasteiger partial charge in [0, 0.05) is 10.9 Å². The monoisotopic (exact) mass is 270 g/mol. The molecular weight excluding hydrogens is 251 g/mol. The first-order valence-electron chi connectivity index (χ1n) is 5.84. The average Bonchev–Trinajstić information content (AvgIpc) is 2.29. The fourth-order valence-electron chi connectivity index (χ4n) is 1.51. The van der Waals surface area contributed by atoms with Crippen molar-refractivity contribution in [3.63, 3.8) is 0 Å². The number of nitrogens with one attached hydrogen (secondary N) is 1. The highest BCUT2D eigenvalue weighted by atomic mass is 32.1. The zero-order chi connectivity index (χ0) is 13.7. The molecule has 5 heteroatoms. The molecule has 100 valence electrons. The summed E-state index contributed by atoms with van der Waals surface area (Å²) in [7, 11) is 3.94. The molecule has 3 nitrogen and oxygen atoms in total. The number of carbonyl (C=O) groups excluding carboxylic acids is 1. The number of nitrogens with zero attached hydrogens (tertiary/aromatic N) is 1. The lowest BCUT2D eigenvalue weighted by Gasteiger charge is -2.17. The first kappa shape index (κ1) is 15.0. The fraction of sp³-hybridized carbons (Fsp3) is 0.462. The zero-order valence-electron chi connectivity index (χ0n) is 10.9. The molecule has 0 saturated carbocycles. The van der Waals surface area contributed by atoms with E-state index in [4.69, 9.17) is 0 Å². The third-order valence-corrected chi connectivity index (χ3v) is 2.86. The van der Waals surface area contributed by atoms with Crippen LogP contribution in [-0.4, -0.2) is 37.5 Å². The topological polar surface area (TPSA) is 32.3 Å². The van der Waals surface area contributed by atoms with E-state index < -0.39 is 11.7 Å². The van der Waals surface area contributed by atoms with Crippen LogP contribution in [0, 0.1) is 5.82 Å². The largest absolute Gasteiger partial charge is 0.349 e. The minimum atomic E-state index is -0.523. The van der Waals surface area contributed by atoms with Crippen molar-refractivity contribution in [2.75, 3.05) is 20.6 Å². The van der Waals surface area contributed by atoms with Crippen LogP contribution >= 0.6 is 12.6 Å². The van der Waals surface area contributed by atoms with Crippen LogP contribution in [0.2, 0.25) is 0 Å². The molecule has 1 aromatic rings. The summed E-state index contributed by atoms with van der Waals surface area (Å²) in [6.07, 6.45) is 0.820. The lowest BCUT2D eigenvalue weighted by atomic mass is 10.1. The molecule has 0 radical (unpaired) electrons. The van der Waals surface area contributed by atoms with Crippen LogP contribution in [-0.2, 0) is 0 Å². The van der Waals surface area contributed by atoms with Gasteiger partial charge in [-0.3, -0.25) is 4.79 Å². The summed E-state index contributed by atoms with van der Waals surface area (Å²) < 4.78 is 13.5. The predicted octanol–water partition coefficient (Wildman–Crippen LogP) is 2.18. The number of rotatable bonds is 5. The van der Waals surface area contributed by atoms with Gasteiger partial charge in [-0.15, -0.1) is 12.6 Å². The van der Waals surface area contributed by atoms with Crippen molar-refractivity contribution in [2.45, 2.75) is 24.3 Å². The highest BCUT2D eigenvalue weighted by molar-refractivity contribution is 7.80. The van der Waals surface area contributed by atoms with E-state index in [1.54, 1.807) is 0 Å².